The maximum atomic E-state index is 11.8. The van der Waals surface area contributed by atoms with Gasteiger partial charge < -0.3 is 10.4 Å². The molecule has 2 heterocycles. The molecule has 0 aromatic carbocycles. The predicted molar refractivity (Wildman–Crippen MR) is 71.8 cm³/mol. The number of dihydropyridines is 2. The van der Waals surface area contributed by atoms with Crippen LogP contribution in [0.15, 0.2) is 40.1 Å². The molecule has 0 aromatic heterocycles. The van der Waals surface area contributed by atoms with Crippen LogP contribution in [-0.4, -0.2) is 29.7 Å². The van der Waals surface area contributed by atoms with Gasteiger partial charge in [0.25, 0.3) is 5.91 Å². The van der Waals surface area contributed by atoms with Crippen LogP contribution in [0.25, 0.3) is 0 Å². The maximum Gasteiger partial charge on any atom is 0.323 e. The van der Waals surface area contributed by atoms with Crippen molar-refractivity contribution in [2.75, 3.05) is 6.54 Å². The van der Waals surface area contributed by atoms with E-state index in [9.17, 15) is 14.7 Å². The standard InChI is InChI=1S/C14H16N2O3/c1-3-14(13(18)19)7-10(8-16-12(14)17)11-5-4-6-15-9(11)2/h4-5,7-8,15H,3,6H2,1-2H3,(H,18,19)/t14-/m1/s1. The molecule has 2 aliphatic heterocycles. The van der Waals surface area contributed by atoms with E-state index < -0.39 is 17.3 Å². The Balaban J connectivity index is 2.51. The minimum Gasteiger partial charge on any atom is -0.480 e. The number of hydrogen-bond donors (Lipinski definition) is 2. The smallest absolute Gasteiger partial charge is 0.323 e. The molecule has 0 aromatic rings. The highest BCUT2D eigenvalue weighted by Gasteiger charge is 2.44. The summed E-state index contributed by atoms with van der Waals surface area (Å²) in [5, 5.41) is 12.5. The Labute approximate surface area is 111 Å². The summed E-state index contributed by atoms with van der Waals surface area (Å²) in [6, 6.07) is 0. The van der Waals surface area contributed by atoms with Crippen LogP contribution in [0.1, 0.15) is 20.3 Å². The second-order valence-electron chi connectivity index (χ2n) is 4.62. The van der Waals surface area contributed by atoms with Crippen LogP contribution >= 0.6 is 0 Å². The summed E-state index contributed by atoms with van der Waals surface area (Å²) in [6.45, 7) is 4.34. The van der Waals surface area contributed by atoms with E-state index in [0.717, 1.165) is 17.8 Å². The number of amides is 1. The maximum absolute atomic E-state index is 11.8. The zero-order chi connectivity index (χ0) is 14.0. The van der Waals surface area contributed by atoms with Crippen molar-refractivity contribution in [3.8, 4) is 0 Å². The molecule has 0 radical (unpaired) electrons. The molecule has 0 unspecified atom stereocenters. The van der Waals surface area contributed by atoms with E-state index in [2.05, 4.69) is 10.3 Å². The highest BCUT2D eigenvalue weighted by molar-refractivity contribution is 6.12. The van der Waals surface area contributed by atoms with Crippen LogP contribution in [-0.2, 0) is 9.59 Å². The first-order valence-electron chi connectivity index (χ1n) is 6.17. The number of nitrogens with zero attached hydrogens (tertiary/aromatic N) is 1. The number of allylic oxidation sites excluding steroid dienone is 4. The van der Waals surface area contributed by atoms with Gasteiger partial charge in [0, 0.05) is 24.0 Å². The van der Waals surface area contributed by atoms with E-state index in [1.54, 1.807) is 6.92 Å². The van der Waals surface area contributed by atoms with Gasteiger partial charge >= 0.3 is 5.97 Å². The number of carboxylic acids is 1. The fourth-order valence-electron chi connectivity index (χ4n) is 2.23. The van der Waals surface area contributed by atoms with Crippen LogP contribution in [0.3, 0.4) is 0 Å². The van der Waals surface area contributed by atoms with Crippen molar-refractivity contribution < 1.29 is 14.7 Å². The first-order chi connectivity index (χ1) is 9.01. The predicted octanol–water partition coefficient (Wildman–Crippen LogP) is 1.44. The van der Waals surface area contributed by atoms with Gasteiger partial charge in [-0.25, -0.2) is 4.99 Å². The van der Waals surface area contributed by atoms with Gasteiger partial charge in [0.15, 0.2) is 5.41 Å². The van der Waals surface area contributed by atoms with E-state index in [1.165, 1.54) is 12.3 Å². The number of carbonyl (C=O) groups excluding carboxylic acids is 1. The molecule has 0 saturated heterocycles. The number of hydrogen-bond acceptors (Lipinski definition) is 3. The molecule has 0 fully saturated rings. The molecule has 0 aliphatic carbocycles. The Morgan fingerprint density at radius 2 is 2.32 bits per heavy atom. The highest BCUT2D eigenvalue weighted by atomic mass is 16.4. The van der Waals surface area contributed by atoms with Crippen molar-refractivity contribution >= 4 is 18.1 Å². The van der Waals surface area contributed by atoms with Gasteiger partial charge in [-0.1, -0.05) is 19.1 Å². The lowest BCUT2D eigenvalue weighted by Crippen LogP contribution is -2.38. The molecular weight excluding hydrogens is 244 g/mol. The molecule has 1 atom stereocenters. The van der Waals surface area contributed by atoms with Crippen molar-refractivity contribution in [2.24, 2.45) is 10.4 Å². The van der Waals surface area contributed by atoms with Crippen LogP contribution in [0.2, 0.25) is 0 Å². The Morgan fingerprint density at radius 3 is 2.89 bits per heavy atom. The molecule has 100 valence electrons. The Hall–Kier alpha value is -2.17. The normalized spacial score (nSPS) is 26.2. The lowest BCUT2D eigenvalue weighted by molar-refractivity contribution is -0.151. The minimum atomic E-state index is -1.54. The molecule has 0 saturated carbocycles. The van der Waals surface area contributed by atoms with Gasteiger partial charge in [-0.05, 0) is 25.0 Å². The minimum absolute atomic E-state index is 0.186. The van der Waals surface area contributed by atoms with Gasteiger partial charge in [-0.15, -0.1) is 0 Å². The quantitative estimate of drug-likeness (QED) is 0.752. The number of nitrogens with one attached hydrogen (secondary N) is 1. The third-order valence-corrected chi connectivity index (χ3v) is 3.53. The van der Waals surface area contributed by atoms with Crippen LogP contribution in [0.4, 0.5) is 0 Å². The van der Waals surface area contributed by atoms with Crippen LogP contribution in [0.5, 0.6) is 0 Å². The third kappa shape index (κ3) is 2.12. The monoisotopic (exact) mass is 260 g/mol. The van der Waals surface area contributed by atoms with E-state index in [0.29, 0.717) is 5.57 Å². The second-order valence-corrected chi connectivity index (χ2v) is 4.62. The van der Waals surface area contributed by atoms with Gasteiger partial charge in [0.1, 0.15) is 0 Å². The molecular formula is C14H16N2O3. The van der Waals surface area contributed by atoms with Crippen molar-refractivity contribution in [3.63, 3.8) is 0 Å². The Kier molecular flexibility index (Phi) is 3.38. The van der Waals surface area contributed by atoms with Crippen LogP contribution < -0.4 is 5.32 Å². The summed E-state index contributed by atoms with van der Waals surface area (Å²) < 4.78 is 0. The average molecular weight is 260 g/mol. The fraction of sp³-hybridized carbons (Fsp3) is 0.357. The summed E-state index contributed by atoms with van der Waals surface area (Å²) in [5.74, 6) is -1.77. The third-order valence-electron chi connectivity index (χ3n) is 3.53. The molecule has 5 heteroatoms. The zero-order valence-electron chi connectivity index (χ0n) is 10.9. The molecule has 0 spiro atoms. The molecule has 0 bridgehead atoms. The first kappa shape index (κ1) is 13.3. The number of rotatable bonds is 3. The molecule has 2 N–H and O–H groups in total. The molecule has 2 rings (SSSR count). The van der Waals surface area contributed by atoms with Crippen molar-refractivity contribution in [1.29, 1.82) is 0 Å². The number of carbonyl (C=O) groups is 2. The topological polar surface area (TPSA) is 78.8 Å². The molecule has 5 nitrogen and oxygen atoms in total. The SMILES string of the molecule is CC[C@@]1(C(=O)O)C=C(C2=C(C)NCC=C2)C=NC1=O. The second kappa shape index (κ2) is 4.84. The fourth-order valence-corrected chi connectivity index (χ4v) is 2.23. The zero-order valence-corrected chi connectivity index (χ0v) is 10.9. The summed E-state index contributed by atoms with van der Waals surface area (Å²) in [7, 11) is 0. The molecule has 1 amide bonds. The Bertz CT molecular complexity index is 555. The highest BCUT2D eigenvalue weighted by Crippen LogP contribution is 2.33. The van der Waals surface area contributed by atoms with Crippen LogP contribution in [0, 0.1) is 5.41 Å². The van der Waals surface area contributed by atoms with Gasteiger partial charge in [0.2, 0.25) is 0 Å². The Morgan fingerprint density at radius 1 is 1.58 bits per heavy atom. The van der Waals surface area contributed by atoms with Crippen molar-refractivity contribution in [3.05, 3.63) is 35.1 Å². The van der Waals surface area contributed by atoms with E-state index in [4.69, 9.17) is 0 Å². The first-order valence-corrected chi connectivity index (χ1v) is 6.17. The molecule has 2 aliphatic rings. The largest absolute Gasteiger partial charge is 0.480 e. The number of aliphatic imine (C=N–C) groups is 1. The molecule has 19 heavy (non-hydrogen) atoms. The van der Waals surface area contributed by atoms with E-state index in [1.807, 2.05) is 19.1 Å². The van der Waals surface area contributed by atoms with Crippen molar-refractivity contribution in [1.82, 2.24) is 5.32 Å². The average Bonchev–Trinajstić information content (AvgIpc) is 2.40. The van der Waals surface area contributed by atoms with Gasteiger partial charge in [0.05, 0.1) is 0 Å². The van der Waals surface area contributed by atoms with Crippen molar-refractivity contribution in [2.45, 2.75) is 20.3 Å². The van der Waals surface area contributed by atoms with Gasteiger partial charge in [-0.3, -0.25) is 9.59 Å². The summed E-state index contributed by atoms with van der Waals surface area (Å²) >= 11 is 0. The number of aliphatic carboxylic acids is 1. The number of carboxylic acid groups (broad SMARTS) is 1. The van der Waals surface area contributed by atoms with Gasteiger partial charge in [-0.2, -0.15) is 0 Å². The summed E-state index contributed by atoms with van der Waals surface area (Å²) in [5.41, 5.74) is 0.958. The summed E-state index contributed by atoms with van der Waals surface area (Å²) in [4.78, 5) is 27.0. The van der Waals surface area contributed by atoms with E-state index >= 15 is 0 Å². The lowest BCUT2D eigenvalue weighted by Gasteiger charge is -2.26. The van der Waals surface area contributed by atoms with E-state index in [-0.39, 0.29) is 6.42 Å². The lowest BCUT2D eigenvalue weighted by atomic mass is 9.79. The summed E-state index contributed by atoms with van der Waals surface area (Å²) in [6.07, 6.45) is 7.01.